The number of thioether (sulfide) groups is 1. The average Bonchev–Trinajstić information content (AvgIpc) is 3.20. The molecule has 0 aromatic carbocycles. The maximum Gasteiger partial charge on any atom is 0.0995 e. The second kappa shape index (κ2) is 7.46. The Kier molecular flexibility index (Phi) is 5.60. The zero-order valence-electron chi connectivity index (χ0n) is 15.2. The Morgan fingerprint density at radius 1 is 1.24 bits per heavy atom. The summed E-state index contributed by atoms with van der Waals surface area (Å²) in [5.41, 5.74) is 0. The van der Waals surface area contributed by atoms with Crippen LogP contribution in [0.2, 0.25) is 0 Å². The van der Waals surface area contributed by atoms with Crippen molar-refractivity contribution in [3.8, 4) is 0 Å². The van der Waals surface area contributed by atoms with Crippen LogP contribution in [0.3, 0.4) is 0 Å². The molecule has 10 unspecified atom stereocenters. The van der Waals surface area contributed by atoms with E-state index in [1.54, 1.807) is 7.11 Å². The number of rotatable bonds is 3. The Hall–Kier alpha value is 0.440. The summed E-state index contributed by atoms with van der Waals surface area (Å²) in [6, 6.07) is 0.772. The molecule has 0 radical (unpaired) electrons. The van der Waals surface area contributed by atoms with Crippen LogP contribution in [0.5, 0.6) is 0 Å². The summed E-state index contributed by atoms with van der Waals surface area (Å²) < 4.78 is 11.8. The van der Waals surface area contributed by atoms with Gasteiger partial charge in [-0.15, -0.1) is 23.4 Å². The standard InChI is InChI=1S/C18H31ClN2O3S/c1-8(2)18-21-10(7-25-18)9-6-11(22)17-16(20-9)14-12(24-17)4-5-13(23-3)15(14)19/h8-18,20-22H,4-7H2,1-3H3. The van der Waals surface area contributed by atoms with Gasteiger partial charge in [0.15, 0.2) is 0 Å². The zero-order chi connectivity index (χ0) is 17.7. The fourth-order valence-corrected chi connectivity index (χ4v) is 7.08. The summed E-state index contributed by atoms with van der Waals surface area (Å²) in [6.07, 6.45) is 2.29. The largest absolute Gasteiger partial charge is 0.390 e. The van der Waals surface area contributed by atoms with Gasteiger partial charge in [0.05, 0.1) is 35.2 Å². The van der Waals surface area contributed by atoms with Crippen molar-refractivity contribution in [3.05, 3.63) is 0 Å². The number of nitrogens with one attached hydrogen (secondary N) is 2. The number of hydrogen-bond donors (Lipinski definition) is 3. The molecule has 0 aromatic rings. The minimum atomic E-state index is -0.420. The van der Waals surface area contributed by atoms with Crippen LogP contribution < -0.4 is 10.6 Å². The van der Waals surface area contributed by atoms with Crippen LogP contribution in [0.25, 0.3) is 0 Å². The molecule has 4 fully saturated rings. The zero-order valence-corrected chi connectivity index (χ0v) is 16.8. The molecule has 1 saturated carbocycles. The second-order valence-corrected chi connectivity index (χ2v) is 10.1. The van der Waals surface area contributed by atoms with Crippen LogP contribution in [0.1, 0.15) is 33.1 Å². The predicted molar refractivity (Wildman–Crippen MR) is 101 cm³/mol. The SMILES string of the molecule is COC1CCC2OC3C(O)CC(C4CSC(C(C)C)N4)NC3C2C1Cl. The van der Waals surface area contributed by atoms with Crippen LogP contribution in [0.15, 0.2) is 0 Å². The van der Waals surface area contributed by atoms with Gasteiger partial charge in [-0.25, -0.2) is 0 Å². The summed E-state index contributed by atoms with van der Waals surface area (Å²) in [7, 11) is 1.74. The van der Waals surface area contributed by atoms with Crippen molar-refractivity contribution in [3.63, 3.8) is 0 Å². The Morgan fingerprint density at radius 2 is 2.04 bits per heavy atom. The smallest absolute Gasteiger partial charge is 0.0995 e. The van der Waals surface area contributed by atoms with Crippen LogP contribution in [0, 0.1) is 11.8 Å². The van der Waals surface area contributed by atoms with Gasteiger partial charge in [-0.05, 0) is 25.2 Å². The summed E-state index contributed by atoms with van der Waals surface area (Å²) in [6.45, 7) is 4.51. The van der Waals surface area contributed by atoms with Crippen LogP contribution >= 0.6 is 23.4 Å². The van der Waals surface area contributed by atoms with Crippen LogP contribution in [-0.2, 0) is 9.47 Å². The molecule has 144 valence electrons. The van der Waals surface area contributed by atoms with E-state index in [-0.39, 0.29) is 41.7 Å². The first-order chi connectivity index (χ1) is 12.0. The molecule has 3 aliphatic heterocycles. The molecule has 25 heavy (non-hydrogen) atoms. The maximum absolute atomic E-state index is 10.8. The number of aliphatic hydroxyl groups excluding tert-OH is 1. The lowest BCUT2D eigenvalue weighted by Crippen LogP contribution is -2.64. The Balaban J connectivity index is 1.48. The van der Waals surface area contributed by atoms with E-state index in [0.29, 0.717) is 17.3 Å². The third-order valence-corrected chi connectivity index (χ3v) is 8.66. The van der Waals surface area contributed by atoms with E-state index in [4.69, 9.17) is 21.1 Å². The second-order valence-electron chi connectivity index (χ2n) is 8.39. The number of alkyl halides is 1. The first-order valence-electron chi connectivity index (χ1n) is 9.63. The van der Waals surface area contributed by atoms with Gasteiger partial charge in [0.25, 0.3) is 0 Å². The molecule has 10 atom stereocenters. The van der Waals surface area contributed by atoms with Crippen molar-refractivity contribution in [2.24, 2.45) is 11.8 Å². The van der Waals surface area contributed by atoms with Gasteiger partial charge in [-0.3, -0.25) is 5.32 Å². The monoisotopic (exact) mass is 390 g/mol. The molecule has 0 bridgehead atoms. The molecule has 0 amide bonds. The van der Waals surface area contributed by atoms with E-state index in [1.165, 1.54) is 0 Å². The Morgan fingerprint density at radius 3 is 2.72 bits per heavy atom. The quantitative estimate of drug-likeness (QED) is 0.636. The van der Waals surface area contributed by atoms with Gasteiger partial charge < -0.3 is 19.9 Å². The normalized spacial score (nSPS) is 53.0. The van der Waals surface area contributed by atoms with Crippen molar-refractivity contribution < 1.29 is 14.6 Å². The number of fused-ring (bicyclic) bond motifs is 3. The molecule has 0 aromatic heterocycles. The van der Waals surface area contributed by atoms with E-state index in [0.717, 1.165) is 25.0 Å². The molecular formula is C18H31ClN2O3S. The van der Waals surface area contributed by atoms with Crippen molar-refractivity contribution in [2.45, 2.75) is 86.4 Å². The van der Waals surface area contributed by atoms with Gasteiger partial charge in [0.2, 0.25) is 0 Å². The molecule has 7 heteroatoms. The molecule has 3 saturated heterocycles. The highest BCUT2D eigenvalue weighted by molar-refractivity contribution is 8.00. The van der Waals surface area contributed by atoms with Gasteiger partial charge in [-0.2, -0.15) is 0 Å². The lowest BCUT2D eigenvalue weighted by molar-refractivity contribution is -0.0720. The van der Waals surface area contributed by atoms with E-state index in [9.17, 15) is 5.11 Å². The summed E-state index contributed by atoms with van der Waals surface area (Å²) in [4.78, 5) is 0. The molecule has 1 aliphatic carbocycles. The first kappa shape index (κ1) is 18.8. The molecule has 3 heterocycles. The molecule has 4 aliphatic rings. The molecule has 0 spiro atoms. The van der Waals surface area contributed by atoms with Crippen molar-refractivity contribution in [2.75, 3.05) is 12.9 Å². The summed E-state index contributed by atoms with van der Waals surface area (Å²) in [5.74, 6) is 1.91. The Labute approximate surface area is 159 Å². The van der Waals surface area contributed by atoms with E-state index in [2.05, 4.69) is 24.5 Å². The predicted octanol–water partition coefficient (Wildman–Crippen LogP) is 1.56. The molecule has 5 nitrogen and oxygen atoms in total. The number of piperidine rings is 1. The van der Waals surface area contributed by atoms with Crippen LogP contribution in [-0.4, -0.2) is 71.3 Å². The van der Waals surface area contributed by atoms with Crippen LogP contribution in [0.4, 0.5) is 0 Å². The third kappa shape index (κ3) is 3.37. The molecule has 4 rings (SSSR count). The molecular weight excluding hydrogens is 360 g/mol. The fraction of sp³-hybridized carbons (Fsp3) is 1.00. The van der Waals surface area contributed by atoms with E-state index >= 15 is 0 Å². The van der Waals surface area contributed by atoms with E-state index < -0.39 is 6.10 Å². The average molecular weight is 391 g/mol. The topological polar surface area (TPSA) is 62.8 Å². The Bertz CT molecular complexity index is 485. The maximum atomic E-state index is 10.8. The highest BCUT2D eigenvalue weighted by Gasteiger charge is 2.56. The number of hydrogen-bond acceptors (Lipinski definition) is 6. The molecule has 3 N–H and O–H groups in total. The van der Waals surface area contributed by atoms with E-state index in [1.807, 2.05) is 11.8 Å². The fourth-order valence-electron chi connectivity index (χ4n) is 5.13. The number of ether oxygens (including phenoxy) is 2. The number of halogens is 1. The highest BCUT2D eigenvalue weighted by atomic mass is 35.5. The minimum absolute atomic E-state index is 0.0634. The lowest BCUT2D eigenvalue weighted by atomic mass is 9.77. The van der Waals surface area contributed by atoms with Gasteiger partial charge in [-0.1, -0.05) is 13.8 Å². The van der Waals surface area contributed by atoms with Gasteiger partial charge in [0, 0.05) is 36.9 Å². The lowest BCUT2D eigenvalue weighted by Gasteiger charge is -2.42. The third-order valence-electron chi connectivity index (χ3n) is 6.50. The highest BCUT2D eigenvalue weighted by Crippen LogP contribution is 2.44. The summed E-state index contributed by atoms with van der Waals surface area (Å²) in [5, 5.41) is 18.8. The summed E-state index contributed by atoms with van der Waals surface area (Å²) >= 11 is 8.77. The van der Waals surface area contributed by atoms with Gasteiger partial charge >= 0.3 is 0 Å². The number of methoxy groups -OCH3 is 1. The number of aliphatic hydroxyl groups is 1. The van der Waals surface area contributed by atoms with Crippen molar-refractivity contribution >= 4 is 23.4 Å². The van der Waals surface area contributed by atoms with Crippen molar-refractivity contribution in [1.82, 2.24) is 10.6 Å². The van der Waals surface area contributed by atoms with Crippen molar-refractivity contribution in [1.29, 1.82) is 0 Å². The first-order valence-corrected chi connectivity index (χ1v) is 11.1. The van der Waals surface area contributed by atoms with Gasteiger partial charge in [0.1, 0.15) is 0 Å². The minimum Gasteiger partial charge on any atom is -0.390 e.